The Balaban J connectivity index is 3.24. The van der Waals surface area contributed by atoms with Crippen LogP contribution in [0, 0.1) is 0 Å². The summed E-state index contributed by atoms with van der Waals surface area (Å²) in [6.45, 7) is 8.91. The molecule has 1 aliphatic rings. The second-order valence-electron chi connectivity index (χ2n) is 7.56. The third-order valence-electron chi connectivity index (χ3n) is 4.59. The van der Waals surface area contributed by atoms with Crippen molar-refractivity contribution in [3.05, 3.63) is 0 Å². The molecule has 0 aromatic rings. The van der Waals surface area contributed by atoms with Gasteiger partial charge >= 0.3 is 23.9 Å². The fraction of sp³-hybridized carbons (Fsp3) is 0.818. The van der Waals surface area contributed by atoms with Crippen molar-refractivity contribution < 1.29 is 42.9 Å². The zero-order valence-corrected chi connectivity index (χ0v) is 19.2. The normalized spacial score (nSPS) is 25.4. The molecule has 0 saturated carbocycles. The van der Waals surface area contributed by atoms with Gasteiger partial charge in [-0.1, -0.05) is 27.7 Å². The Morgan fingerprint density at radius 2 is 0.935 bits per heavy atom. The second-order valence-corrected chi connectivity index (χ2v) is 7.56. The van der Waals surface area contributed by atoms with Gasteiger partial charge in [0.25, 0.3) is 0 Å². The molecule has 1 rings (SSSR count). The van der Waals surface area contributed by atoms with Crippen LogP contribution in [0.1, 0.15) is 86.0 Å². The van der Waals surface area contributed by atoms with Crippen LogP contribution in [0.25, 0.3) is 0 Å². The monoisotopic (exact) mass is 444 g/mol. The highest BCUT2D eigenvalue weighted by Crippen LogP contribution is 2.30. The minimum Gasteiger partial charge on any atom is -0.455 e. The summed E-state index contributed by atoms with van der Waals surface area (Å²) in [5.41, 5.74) is 0. The average molecular weight is 445 g/mol. The molecule has 178 valence electrons. The molecule has 1 aliphatic heterocycles. The lowest BCUT2D eigenvalue weighted by Crippen LogP contribution is -2.61. The van der Waals surface area contributed by atoms with Gasteiger partial charge in [0, 0.05) is 25.7 Å². The maximum Gasteiger partial charge on any atom is 0.308 e. The number of carbonyl (C=O) groups excluding carboxylic acids is 4. The topological polar surface area (TPSA) is 114 Å². The van der Waals surface area contributed by atoms with Crippen LogP contribution in [0.3, 0.4) is 0 Å². The van der Waals surface area contributed by atoms with Gasteiger partial charge in [-0.25, -0.2) is 0 Å². The number of rotatable bonds is 12. The van der Waals surface area contributed by atoms with Gasteiger partial charge in [0.1, 0.15) is 0 Å². The molecular formula is C22H36O9. The van der Waals surface area contributed by atoms with Gasteiger partial charge in [-0.15, -0.1) is 0 Å². The maximum atomic E-state index is 12.3. The molecule has 1 heterocycles. The summed E-state index contributed by atoms with van der Waals surface area (Å²) < 4.78 is 27.8. The van der Waals surface area contributed by atoms with E-state index in [1.54, 1.807) is 6.92 Å². The van der Waals surface area contributed by atoms with Crippen molar-refractivity contribution in [3.8, 4) is 0 Å². The van der Waals surface area contributed by atoms with E-state index >= 15 is 0 Å². The third kappa shape index (κ3) is 8.85. The van der Waals surface area contributed by atoms with E-state index in [0.717, 1.165) is 0 Å². The smallest absolute Gasteiger partial charge is 0.308 e. The SMILES string of the molecule is CCCC(=O)OC1O[C@@H](C)[C@H](OC(=O)CCC)[C@@H](OC(=O)CCC)[C@H]1OC(=O)CCC. The molecule has 0 aromatic heterocycles. The first kappa shape index (κ1) is 26.9. The van der Waals surface area contributed by atoms with Gasteiger partial charge in [-0.3, -0.25) is 19.2 Å². The highest BCUT2D eigenvalue weighted by atomic mass is 16.7. The van der Waals surface area contributed by atoms with Crippen LogP contribution in [0.5, 0.6) is 0 Å². The summed E-state index contributed by atoms with van der Waals surface area (Å²) in [4.78, 5) is 48.9. The molecule has 9 heteroatoms. The van der Waals surface area contributed by atoms with Crippen LogP contribution < -0.4 is 0 Å². The summed E-state index contributed by atoms with van der Waals surface area (Å²) in [5, 5.41) is 0. The van der Waals surface area contributed by atoms with Crippen LogP contribution >= 0.6 is 0 Å². The van der Waals surface area contributed by atoms with Gasteiger partial charge < -0.3 is 23.7 Å². The van der Waals surface area contributed by atoms with Crippen molar-refractivity contribution in [2.24, 2.45) is 0 Å². The summed E-state index contributed by atoms with van der Waals surface area (Å²) >= 11 is 0. The Morgan fingerprint density at radius 3 is 1.35 bits per heavy atom. The Labute approximate surface area is 184 Å². The van der Waals surface area contributed by atoms with E-state index in [-0.39, 0.29) is 25.7 Å². The highest BCUT2D eigenvalue weighted by Gasteiger charge is 2.52. The summed E-state index contributed by atoms with van der Waals surface area (Å²) in [7, 11) is 0. The number of ether oxygens (including phenoxy) is 5. The standard InChI is InChI=1S/C22H36O9/c1-6-10-15(23)28-19-14(5)27-22(31-18(26)13-9-4)21(30-17(25)12-8-3)20(19)29-16(24)11-7-2/h14,19-22H,6-13H2,1-5H3/t14-,19-,20+,21+,22?/m0/s1. The van der Waals surface area contributed by atoms with Crippen LogP contribution in [0.15, 0.2) is 0 Å². The third-order valence-corrected chi connectivity index (χ3v) is 4.59. The number of hydrogen-bond acceptors (Lipinski definition) is 9. The molecule has 31 heavy (non-hydrogen) atoms. The molecule has 0 N–H and O–H groups in total. The zero-order valence-electron chi connectivity index (χ0n) is 19.2. The van der Waals surface area contributed by atoms with E-state index in [0.29, 0.717) is 25.7 Å². The largest absolute Gasteiger partial charge is 0.455 e. The van der Waals surface area contributed by atoms with Crippen LogP contribution in [0.4, 0.5) is 0 Å². The molecule has 1 fully saturated rings. The van der Waals surface area contributed by atoms with Crippen LogP contribution in [-0.4, -0.2) is 54.6 Å². The molecule has 0 amide bonds. The minimum absolute atomic E-state index is 0.123. The molecule has 1 unspecified atom stereocenters. The van der Waals surface area contributed by atoms with E-state index in [9.17, 15) is 19.2 Å². The number of hydrogen-bond donors (Lipinski definition) is 0. The van der Waals surface area contributed by atoms with Gasteiger partial charge in [0.05, 0.1) is 6.10 Å². The maximum absolute atomic E-state index is 12.3. The van der Waals surface area contributed by atoms with Crippen molar-refractivity contribution in [2.75, 3.05) is 0 Å². The fourth-order valence-corrected chi connectivity index (χ4v) is 3.13. The Bertz CT molecular complexity index is 604. The molecule has 0 radical (unpaired) electrons. The van der Waals surface area contributed by atoms with Gasteiger partial charge in [-0.2, -0.15) is 0 Å². The predicted molar refractivity (Wildman–Crippen MR) is 110 cm³/mol. The lowest BCUT2D eigenvalue weighted by Gasteiger charge is -2.43. The van der Waals surface area contributed by atoms with Crippen molar-refractivity contribution in [1.29, 1.82) is 0 Å². The summed E-state index contributed by atoms with van der Waals surface area (Å²) in [6, 6.07) is 0. The summed E-state index contributed by atoms with van der Waals surface area (Å²) in [6.07, 6.45) is -2.66. The van der Waals surface area contributed by atoms with E-state index in [1.807, 2.05) is 27.7 Å². The minimum atomic E-state index is -1.28. The molecule has 0 aromatic carbocycles. The molecule has 5 atom stereocenters. The highest BCUT2D eigenvalue weighted by molar-refractivity contribution is 5.72. The Morgan fingerprint density at radius 1 is 0.581 bits per heavy atom. The molecule has 9 nitrogen and oxygen atoms in total. The first-order chi connectivity index (χ1) is 14.8. The zero-order chi connectivity index (χ0) is 23.4. The van der Waals surface area contributed by atoms with Gasteiger partial charge in [0.2, 0.25) is 12.4 Å². The van der Waals surface area contributed by atoms with Crippen LogP contribution in [0.2, 0.25) is 0 Å². The van der Waals surface area contributed by atoms with E-state index in [2.05, 4.69) is 0 Å². The molecule has 0 aliphatic carbocycles. The van der Waals surface area contributed by atoms with Crippen LogP contribution in [-0.2, 0) is 42.9 Å². The van der Waals surface area contributed by atoms with Gasteiger partial charge in [0.15, 0.2) is 12.2 Å². The summed E-state index contributed by atoms with van der Waals surface area (Å²) in [5.74, 6) is -2.11. The van der Waals surface area contributed by atoms with E-state index in [4.69, 9.17) is 23.7 Å². The predicted octanol–water partition coefficient (Wildman–Crippen LogP) is 3.21. The van der Waals surface area contributed by atoms with Crippen molar-refractivity contribution in [3.63, 3.8) is 0 Å². The molecule has 0 bridgehead atoms. The lowest BCUT2D eigenvalue weighted by atomic mass is 9.98. The Hall–Kier alpha value is -2.16. The average Bonchev–Trinajstić information content (AvgIpc) is 2.68. The molecule has 0 spiro atoms. The fourth-order valence-electron chi connectivity index (χ4n) is 3.13. The first-order valence-corrected chi connectivity index (χ1v) is 11.2. The van der Waals surface area contributed by atoms with Gasteiger partial charge in [-0.05, 0) is 32.6 Å². The number of carbonyl (C=O) groups is 4. The second kappa shape index (κ2) is 14.0. The van der Waals surface area contributed by atoms with E-state index < -0.39 is 54.6 Å². The van der Waals surface area contributed by atoms with Crippen molar-refractivity contribution in [1.82, 2.24) is 0 Å². The quantitative estimate of drug-likeness (QED) is 0.330. The first-order valence-electron chi connectivity index (χ1n) is 11.2. The molecular weight excluding hydrogens is 408 g/mol. The number of esters is 4. The van der Waals surface area contributed by atoms with Crippen molar-refractivity contribution >= 4 is 23.9 Å². The van der Waals surface area contributed by atoms with Crippen molar-refractivity contribution in [2.45, 2.75) is 117 Å². The lowest BCUT2D eigenvalue weighted by molar-refractivity contribution is -0.294. The molecule has 1 saturated heterocycles. The Kier molecular flexibility index (Phi) is 12.1. The van der Waals surface area contributed by atoms with E-state index in [1.165, 1.54) is 0 Å².